The number of nitrogens with zero attached hydrogens (tertiary/aromatic N) is 5. The zero-order chi connectivity index (χ0) is 35.6. The van der Waals surface area contributed by atoms with Crippen LogP contribution in [-0.2, 0) is 32.4 Å². The Morgan fingerprint density at radius 2 is 1.50 bits per heavy atom. The van der Waals surface area contributed by atoms with Gasteiger partial charge in [0.1, 0.15) is 0 Å². The number of sulfonamides is 1. The number of rotatable bonds is 7. The molecule has 1 atom stereocenters. The molecule has 0 bridgehead atoms. The van der Waals surface area contributed by atoms with E-state index in [1.807, 2.05) is 55.1 Å². The molecule has 0 radical (unpaired) electrons. The van der Waals surface area contributed by atoms with Gasteiger partial charge in [-0.05, 0) is 74.3 Å². The second kappa shape index (κ2) is 15.2. The van der Waals surface area contributed by atoms with Crippen molar-refractivity contribution in [3.63, 3.8) is 0 Å². The summed E-state index contributed by atoms with van der Waals surface area (Å²) in [6, 6.07) is 11.9. The number of piperidine rings is 2. The molecule has 3 saturated heterocycles. The summed E-state index contributed by atoms with van der Waals surface area (Å²) in [6.45, 7) is 8.73. The highest BCUT2D eigenvalue weighted by atomic mass is 32.2. The monoisotopic (exact) mass is 709 g/mol. The molecule has 4 aliphatic rings. The first-order chi connectivity index (χ1) is 23.9. The van der Waals surface area contributed by atoms with Crippen molar-refractivity contribution >= 4 is 39.4 Å². The first kappa shape index (κ1) is 35.9. The van der Waals surface area contributed by atoms with Crippen molar-refractivity contribution in [1.29, 1.82) is 0 Å². The van der Waals surface area contributed by atoms with Crippen molar-refractivity contribution in [2.45, 2.75) is 70.6 Å². The third-order valence-corrected chi connectivity index (χ3v) is 12.2. The molecule has 2 aromatic carbocycles. The molecule has 0 aromatic heterocycles. The summed E-state index contributed by atoms with van der Waals surface area (Å²) in [6.07, 6.45) is 3.53. The molecule has 0 aliphatic carbocycles. The summed E-state index contributed by atoms with van der Waals surface area (Å²) in [5, 5.41) is 3.04. The summed E-state index contributed by atoms with van der Waals surface area (Å²) in [7, 11) is -3.19. The van der Waals surface area contributed by atoms with Gasteiger partial charge in [-0.15, -0.1) is 0 Å². The van der Waals surface area contributed by atoms with Crippen molar-refractivity contribution in [3.05, 3.63) is 58.7 Å². The van der Waals surface area contributed by atoms with Crippen molar-refractivity contribution in [3.8, 4) is 0 Å². The number of carbonyl (C=O) groups is 3. The van der Waals surface area contributed by atoms with Crippen molar-refractivity contribution in [1.82, 2.24) is 23.9 Å². The average Bonchev–Trinajstić information content (AvgIpc) is 3.27. The highest BCUT2D eigenvalue weighted by Gasteiger charge is 2.37. The number of aryl methyl sites for hydroxylation is 2. The number of amides is 4. The van der Waals surface area contributed by atoms with Crippen molar-refractivity contribution in [2.24, 2.45) is 0 Å². The molecule has 0 saturated carbocycles. The van der Waals surface area contributed by atoms with Gasteiger partial charge in [0, 0.05) is 88.8 Å². The summed E-state index contributed by atoms with van der Waals surface area (Å²) in [5.41, 5.74) is 11.6. The maximum absolute atomic E-state index is 14.1. The second-order valence-corrected chi connectivity index (χ2v) is 16.2. The molecule has 3 N–H and O–H groups in total. The summed E-state index contributed by atoms with van der Waals surface area (Å²) in [4.78, 5) is 48.5. The lowest BCUT2D eigenvalue weighted by molar-refractivity contribution is -0.143. The molecule has 272 valence electrons. The normalized spacial score (nSPS) is 20.9. The third kappa shape index (κ3) is 8.18. The van der Waals surface area contributed by atoms with Crippen LogP contribution in [-0.4, -0.2) is 134 Å². The molecule has 14 heteroatoms. The number of ether oxygens (including phenoxy) is 1. The number of para-hydroxylation sites is 1. The topological polar surface area (TPSA) is 149 Å². The maximum Gasteiger partial charge on any atom is 0.410 e. The molecule has 4 aliphatic heterocycles. The van der Waals surface area contributed by atoms with E-state index in [9.17, 15) is 22.8 Å². The number of anilines is 2. The lowest BCUT2D eigenvalue weighted by atomic mass is 9.99. The van der Waals surface area contributed by atoms with E-state index in [1.54, 1.807) is 9.80 Å². The Morgan fingerprint density at radius 3 is 2.14 bits per heavy atom. The van der Waals surface area contributed by atoms with E-state index in [2.05, 4.69) is 10.2 Å². The van der Waals surface area contributed by atoms with Gasteiger partial charge in [0.2, 0.25) is 10.0 Å². The van der Waals surface area contributed by atoms with Crippen molar-refractivity contribution < 1.29 is 27.5 Å². The number of fused-ring (bicyclic) bond motifs is 1. The van der Waals surface area contributed by atoms with Crippen LogP contribution >= 0.6 is 0 Å². The van der Waals surface area contributed by atoms with Gasteiger partial charge < -0.3 is 30.5 Å². The summed E-state index contributed by atoms with van der Waals surface area (Å²) >= 11 is 0. The van der Waals surface area contributed by atoms with Crippen LogP contribution in [0, 0.1) is 13.8 Å². The number of urea groups is 1. The Kier molecular flexibility index (Phi) is 10.9. The van der Waals surface area contributed by atoms with Gasteiger partial charge in [-0.25, -0.2) is 22.3 Å². The quantitative estimate of drug-likeness (QED) is 0.417. The number of piperazine rings is 1. The van der Waals surface area contributed by atoms with Crippen LogP contribution < -0.4 is 11.1 Å². The summed E-state index contributed by atoms with van der Waals surface area (Å²) < 4.78 is 31.5. The summed E-state index contributed by atoms with van der Waals surface area (Å²) in [5.74, 6) is -0.215. The standard InChI is InChI=1S/C36H51N7O6S/c1-25-22-27(23-26(2)33(25)37)24-32(34(44)40-20-18-39(19-21-40)29-11-15-42(16-12-29)50(3,47)48)49-36(46)41-13-9-30(10-14-41)43-17-8-28-6-4-5-7-31(28)38-35(43)45/h4-7,22-23,29-30,32H,8-21,24,37H2,1-3H3,(H,38,45). The SMILES string of the molecule is Cc1cc(CC(OC(=O)N2CCC(N3CCc4ccccc4NC3=O)CC2)C(=O)N2CCN(C3CCN(S(C)(=O)=O)CC3)CC2)cc(C)c1N. The predicted octanol–water partition coefficient (Wildman–Crippen LogP) is 3.06. The van der Waals surface area contributed by atoms with E-state index in [-0.39, 0.29) is 30.4 Å². The van der Waals surface area contributed by atoms with Crippen LogP contribution in [0.15, 0.2) is 36.4 Å². The molecule has 2 aromatic rings. The predicted molar refractivity (Wildman–Crippen MR) is 192 cm³/mol. The second-order valence-electron chi connectivity index (χ2n) is 14.2. The molecule has 4 heterocycles. The molecular formula is C36H51N7O6S. The third-order valence-electron chi connectivity index (χ3n) is 10.9. The van der Waals surface area contributed by atoms with Gasteiger partial charge in [0.15, 0.2) is 6.10 Å². The number of likely N-dealkylation sites (tertiary alicyclic amines) is 1. The van der Waals surface area contributed by atoms with E-state index < -0.39 is 22.2 Å². The number of nitrogen functional groups attached to an aromatic ring is 1. The minimum atomic E-state index is -3.19. The maximum atomic E-state index is 14.1. The van der Waals surface area contributed by atoms with Crippen LogP contribution in [0.1, 0.15) is 47.9 Å². The average molecular weight is 710 g/mol. The fourth-order valence-electron chi connectivity index (χ4n) is 7.92. The molecule has 3 fully saturated rings. The minimum absolute atomic E-state index is 0.00132. The van der Waals surface area contributed by atoms with E-state index >= 15 is 0 Å². The van der Waals surface area contributed by atoms with Gasteiger partial charge in [0.05, 0.1) is 6.26 Å². The Morgan fingerprint density at radius 1 is 0.880 bits per heavy atom. The Labute approximate surface area is 295 Å². The van der Waals surface area contributed by atoms with E-state index in [4.69, 9.17) is 10.5 Å². The van der Waals surface area contributed by atoms with E-state index in [1.165, 1.54) is 10.6 Å². The van der Waals surface area contributed by atoms with Gasteiger partial charge in [-0.3, -0.25) is 9.69 Å². The molecule has 13 nitrogen and oxygen atoms in total. The zero-order valence-electron chi connectivity index (χ0n) is 29.5. The largest absolute Gasteiger partial charge is 0.436 e. The number of benzene rings is 2. The van der Waals surface area contributed by atoms with Crippen LogP contribution in [0.5, 0.6) is 0 Å². The van der Waals surface area contributed by atoms with Gasteiger partial charge >= 0.3 is 12.1 Å². The lowest BCUT2D eigenvalue weighted by Gasteiger charge is -2.43. The molecule has 4 amide bonds. The Hall–Kier alpha value is -3.88. The van der Waals surface area contributed by atoms with Gasteiger partial charge in [-0.1, -0.05) is 30.3 Å². The molecule has 1 unspecified atom stereocenters. The Balaban J connectivity index is 1.07. The van der Waals surface area contributed by atoms with Crippen LogP contribution in [0.3, 0.4) is 0 Å². The lowest BCUT2D eigenvalue weighted by Crippen LogP contribution is -2.57. The number of carbonyl (C=O) groups excluding carboxylic acids is 3. The number of nitrogens with one attached hydrogen (secondary N) is 1. The van der Waals surface area contributed by atoms with Crippen molar-refractivity contribution in [2.75, 3.05) is 76.2 Å². The number of hydrogen-bond donors (Lipinski definition) is 2. The van der Waals surface area contributed by atoms with Gasteiger partial charge in [0.25, 0.3) is 5.91 Å². The molecule has 0 spiro atoms. The zero-order valence-corrected chi connectivity index (χ0v) is 30.3. The molecular weight excluding hydrogens is 659 g/mol. The smallest absolute Gasteiger partial charge is 0.410 e. The van der Waals surface area contributed by atoms with Crippen LogP contribution in [0.25, 0.3) is 0 Å². The van der Waals surface area contributed by atoms with Crippen LogP contribution in [0.2, 0.25) is 0 Å². The molecule has 6 rings (SSSR count). The van der Waals surface area contributed by atoms with E-state index in [0.717, 1.165) is 47.2 Å². The number of hydrogen-bond acceptors (Lipinski definition) is 8. The minimum Gasteiger partial charge on any atom is -0.436 e. The number of nitrogens with two attached hydrogens (primary N) is 1. The molecule has 50 heavy (non-hydrogen) atoms. The van der Waals surface area contributed by atoms with Crippen LogP contribution in [0.4, 0.5) is 21.0 Å². The highest BCUT2D eigenvalue weighted by Crippen LogP contribution is 2.26. The highest BCUT2D eigenvalue weighted by molar-refractivity contribution is 7.88. The fraction of sp³-hybridized carbons (Fsp3) is 0.583. The fourth-order valence-corrected chi connectivity index (χ4v) is 8.79. The Bertz CT molecular complexity index is 1660. The van der Waals surface area contributed by atoms with E-state index in [0.29, 0.717) is 77.4 Å². The first-order valence-corrected chi connectivity index (χ1v) is 19.7. The van der Waals surface area contributed by atoms with Gasteiger partial charge in [-0.2, -0.15) is 0 Å². The first-order valence-electron chi connectivity index (χ1n) is 17.8.